The summed E-state index contributed by atoms with van der Waals surface area (Å²) in [5.74, 6) is 0.894. The average Bonchev–Trinajstić information content (AvgIpc) is 3.37. The van der Waals surface area contributed by atoms with Crippen LogP contribution in [0.25, 0.3) is 0 Å². The molecule has 36 heavy (non-hydrogen) atoms. The van der Waals surface area contributed by atoms with E-state index < -0.39 is 0 Å². The molecule has 0 aromatic heterocycles. The minimum Gasteiger partial charge on any atom is -0.494 e. The first-order valence-electron chi connectivity index (χ1n) is 12.9. The van der Waals surface area contributed by atoms with Crippen LogP contribution in [0, 0.1) is 0 Å². The van der Waals surface area contributed by atoms with Gasteiger partial charge in [0.2, 0.25) is 0 Å². The number of piperazine rings is 1. The lowest BCUT2D eigenvalue weighted by Crippen LogP contribution is -2.49. The molecule has 0 saturated carbocycles. The summed E-state index contributed by atoms with van der Waals surface area (Å²) in [6.07, 6.45) is 0.703. The van der Waals surface area contributed by atoms with Gasteiger partial charge in [0.1, 0.15) is 5.75 Å². The third kappa shape index (κ3) is 5.83. The van der Waals surface area contributed by atoms with Gasteiger partial charge in [0.25, 0.3) is 5.91 Å². The van der Waals surface area contributed by atoms with Crippen molar-refractivity contribution in [1.29, 1.82) is 0 Å². The van der Waals surface area contributed by atoms with Crippen LogP contribution >= 0.6 is 0 Å². The van der Waals surface area contributed by atoms with Gasteiger partial charge >= 0.3 is 0 Å². The van der Waals surface area contributed by atoms with Crippen LogP contribution < -0.4 is 4.74 Å². The normalized spacial score (nSPS) is 18.8. The van der Waals surface area contributed by atoms with Crippen molar-refractivity contribution in [3.8, 4) is 5.75 Å². The smallest absolute Gasteiger partial charge is 0.257 e. The number of rotatable bonds is 8. The molecule has 2 heterocycles. The van der Waals surface area contributed by atoms with Crippen molar-refractivity contribution in [2.45, 2.75) is 25.9 Å². The SMILES string of the molecule is CCOc1ccc(C2CC(c3ccccc3)=NN2C(=O)CN2CCN(Cc3ccccc3)CC2)cc1. The van der Waals surface area contributed by atoms with Gasteiger partial charge in [-0.2, -0.15) is 5.10 Å². The van der Waals surface area contributed by atoms with Crippen LogP contribution in [0.2, 0.25) is 0 Å². The first-order valence-corrected chi connectivity index (χ1v) is 12.9. The van der Waals surface area contributed by atoms with Crippen LogP contribution in [-0.4, -0.2) is 65.8 Å². The van der Waals surface area contributed by atoms with E-state index in [0.29, 0.717) is 19.6 Å². The number of nitrogens with zero attached hydrogens (tertiary/aromatic N) is 4. The summed E-state index contributed by atoms with van der Waals surface area (Å²) in [4.78, 5) is 18.3. The molecule has 1 saturated heterocycles. The third-order valence-electron chi connectivity index (χ3n) is 6.92. The Morgan fingerprint density at radius 3 is 2.17 bits per heavy atom. The lowest BCUT2D eigenvalue weighted by Gasteiger charge is -2.35. The molecular weight excluding hydrogens is 448 g/mol. The Labute approximate surface area is 213 Å². The second kappa shape index (κ2) is 11.5. The number of carbonyl (C=O) groups excluding carboxylic acids is 1. The van der Waals surface area contributed by atoms with Crippen molar-refractivity contribution in [2.24, 2.45) is 5.10 Å². The van der Waals surface area contributed by atoms with Crippen molar-refractivity contribution in [1.82, 2.24) is 14.8 Å². The topological polar surface area (TPSA) is 48.4 Å². The van der Waals surface area contributed by atoms with E-state index in [2.05, 4.69) is 64.4 Å². The quantitative estimate of drug-likeness (QED) is 0.472. The molecule has 1 fully saturated rings. The van der Waals surface area contributed by atoms with Gasteiger partial charge in [0.05, 0.1) is 24.9 Å². The van der Waals surface area contributed by atoms with Crippen molar-refractivity contribution in [3.63, 3.8) is 0 Å². The number of hydrogen-bond acceptors (Lipinski definition) is 5. The molecule has 6 nitrogen and oxygen atoms in total. The maximum absolute atomic E-state index is 13.6. The summed E-state index contributed by atoms with van der Waals surface area (Å²) >= 11 is 0. The Kier molecular flexibility index (Phi) is 7.74. The van der Waals surface area contributed by atoms with Gasteiger partial charge in [-0.25, -0.2) is 5.01 Å². The number of ether oxygens (including phenoxy) is 1. The molecule has 6 heteroatoms. The van der Waals surface area contributed by atoms with E-state index in [1.165, 1.54) is 5.56 Å². The van der Waals surface area contributed by atoms with Crippen molar-refractivity contribution in [3.05, 3.63) is 102 Å². The monoisotopic (exact) mass is 482 g/mol. The predicted molar refractivity (Wildman–Crippen MR) is 143 cm³/mol. The first-order chi connectivity index (χ1) is 17.7. The maximum Gasteiger partial charge on any atom is 0.257 e. The van der Waals surface area contributed by atoms with Crippen LogP contribution in [0.5, 0.6) is 5.75 Å². The van der Waals surface area contributed by atoms with Crippen molar-refractivity contribution < 1.29 is 9.53 Å². The molecule has 3 aromatic carbocycles. The second-order valence-electron chi connectivity index (χ2n) is 9.41. The van der Waals surface area contributed by atoms with Crippen LogP contribution in [0.15, 0.2) is 90.0 Å². The Hall–Kier alpha value is -3.48. The molecule has 1 atom stereocenters. The molecule has 3 aromatic rings. The van der Waals surface area contributed by atoms with Crippen LogP contribution in [0.3, 0.4) is 0 Å². The highest BCUT2D eigenvalue weighted by Crippen LogP contribution is 2.33. The van der Waals surface area contributed by atoms with Gasteiger partial charge < -0.3 is 4.74 Å². The molecule has 186 valence electrons. The van der Waals surface area contributed by atoms with Gasteiger partial charge in [-0.3, -0.25) is 14.6 Å². The van der Waals surface area contributed by atoms with Crippen LogP contribution in [-0.2, 0) is 11.3 Å². The summed E-state index contributed by atoms with van der Waals surface area (Å²) in [5, 5.41) is 6.56. The molecule has 1 unspecified atom stereocenters. The molecule has 2 aliphatic heterocycles. The molecule has 0 N–H and O–H groups in total. The van der Waals surface area contributed by atoms with E-state index >= 15 is 0 Å². The summed E-state index contributed by atoms with van der Waals surface area (Å²) in [6.45, 7) is 7.65. The van der Waals surface area contributed by atoms with Gasteiger partial charge in [-0.1, -0.05) is 72.8 Å². The number of amides is 1. The largest absolute Gasteiger partial charge is 0.494 e. The molecule has 0 spiro atoms. The zero-order chi connectivity index (χ0) is 24.7. The molecule has 0 aliphatic carbocycles. The van der Waals surface area contributed by atoms with Gasteiger partial charge in [0, 0.05) is 39.1 Å². The minimum atomic E-state index is -0.109. The fourth-order valence-electron chi connectivity index (χ4n) is 4.97. The highest BCUT2D eigenvalue weighted by atomic mass is 16.5. The van der Waals surface area contributed by atoms with Crippen molar-refractivity contribution in [2.75, 3.05) is 39.3 Å². The van der Waals surface area contributed by atoms with E-state index in [1.54, 1.807) is 5.01 Å². The maximum atomic E-state index is 13.6. The molecular formula is C30H34N4O2. The van der Waals surface area contributed by atoms with Gasteiger partial charge in [0.15, 0.2) is 0 Å². The highest BCUT2D eigenvalue weighted by Gasteiger charge is 2.34. The lowest BCUT2D eigenvalue weighted by molar-refractivity contribution is -0.134. The minimum absolute atomic E-state index is 0.0522. The average molecular weight is 483 g/mol. The fraction of sp³-hybridized carbons (Fsp3) is 0.333. The fourth-order valence-corrected chi connectivity index (χ4v) is 4.97. The molecule has 0 bridgehead atoms. The van der Waals surface area contributed by atoms with Gasteiger partial charge in [-0.15, -0.1) is 0 Å². The van der Waals surface area contributed by atoms with Gasteiger partial charge in [-0.05, 0) is 35.7 Å². The number of hydrazone groups is 1. The van der Waals surface area contributed by atoms with E-state index in [-0.39, 0.29) is 11.9 Å². The van der Waals surface area contributed by atoms with Crippen LogP contribution in [0.4, 0.5) is 0 Å². The number of carbonyl (C=O) groups is 1. The Bertz CT molecular complexity index is 1160. The van der Waals surface area contributed by atoms with Crippen LogP contribution in [0.1, 0.15) is 36.1 Å². The van der Waals surface area contributed by atoms with E-state index in [4.69, 9.17) is 9.84 Å². The second-order valence-corrected chi connectivity index (χ2v) is 9.41. The molecule has 5 rings (SSSR count). The zero-order valence-corrected chi connectivity index (χ0v) is 20.9. The standard InChI is InChI=1S/C30H34N4O2/c1-2-36-27-15-13-26(14-16-27)29-21-28(25-11-7-4-8-12-25)31-34(29)30(35)23-33-19-17-32(18-20-33)22-24-9-5-3-6-10-24/h3-16,29H,2,17-23H2,1H3. The molecule has 2 aliphatic rings. The Balaban J connectivity index is 1.26. The van der Waals surface area contributed by atoms with E-state index in [0.717, 1.165) is 55.3 Å². The zero-order valence-electron chi connectivity index (χ0n) is 20.9. The molecule has 1 amide bonds. The predicted octanol–water partition coefficient (Wildman–Crippen LogP) is 4.58. The third-order valence-corrected chi connectivity index (χ3v) is 6.92. The molecule has 0 radical (unpaired) electrons. The van der Waals surface area contributed by atoms with E-state index in [1.807, 2.05) is 37.3 Å². The Morgan fingerprint density at radius 2 is 1.50 bits per heavy atom. The summed E-state index contributed by atoms with van der Waals surface area (Å²) in [6, 6.07) is 28.7. The highest BCUT2D eigenvalue weighted by molar-refractivity contribution is 6.03. The summed E-state index contributed by atoms with van der Waals surface area (Å²) in [5.41, 5.74) is 4.43. The summed E-state index contributed by atoms with van der Waals surface area (Å²) in [7, 11) is 0. The summed E-state index contributed by atoms with van der Waals surface area (Å²) < 4.78 is 5.62. The van der Waals surface area contributed by atoms with E-state index in [9.17, 15) is 4.79 Å². The first kappa shape index (κ1) is 24.2. The van der Waals surface area contributed by atoms with Crippen molar-refractivity contribution >= 4 is 11.6 Å². The lowest BCUT2D eigenvalue weighted by atomic mass is 9.98. The number of hydrogen-bond donors (Lipinski definition) is 0. The Morgan fingerprint density at radius 1 is 0.861 bits per heavy atom. The number of benzene rings is 3.